The number of carbonyl (C=O) groups excluding carboxylic acids is 1. The van der Waals surface area contributed by atoms with Crippen molar-refractivity contribution in [3.05, 3.63) is 39.1 Å². The lowest BCUT2D eigenvalue weighted by Crippen LogP contribution is -2.46. The first kappa shape index (κ1) is 24.3. The third-order valence-corrected chi connectivity index (χ3v) is 8.89. The number of nitrogens with two attached hydrogens (primary N) is 1. The maximum atomic E-state index is 11.8. The third kappa shape index (κ3) is 5.21. The quantitative estimate of drug-likeness (QED) is 0.429. The van der Waals surface area contributed by atoms with Gasteiger partial charge in [-0.15, -0.1) is 11.3 Å². The fraction of sp³-hybridized carbons (Fsp3) is 0.538. The minimum atomic E-state index is -0.333. The number of hydrogen-bond acceptors (Lipinski definition) is 9. The van der Waals surface area contributed by atoms with Gasteiger partial charge in [0.1, 0.15) is 16.4 Å². The average molecular weight is 525 g/mol. The molecule has 1 saturated carbocycles. The number of aryl methyl sites for hydroxylation is 1. The summed E-state index contributed by atoms with van der Waals surface area (Å²) in [5.41, 5.74) is 6.42. The van der Waals surface area contributed by atoms with Crippen LogP contribution in [0.3, 0.4) is 0 Å². The van der Waals surface area contributed by atoms with Crippen LogP contribution in [0, 0.1) is 0 Å². The summed E-state index contributed by atoms with van der Waals surface area (Å²) in [4.78, 5) is 39.9. The highest BCUT2D eigenvalue weighted by atomic mass is 32.1. The molecule has 0 unspecified atom stereocenters. The van der Waals surface area contributed by atoms with E-state index in [-0.39, 0.29) is 23.5 Å². The second kappa shape index (κ2) is 10.4. The number of thiophene rings is 1. The van der Waals surface area contributed by atoms with Gasteiger partial charge in [-0.3, -0.25) is 14.5 Å². The van der Waals surface area contributed by atoms with E-state index in [0.29, 0.717) is 24.2 Å². The predicted molar refractivity (Wildman–Crippen MR) is 142 cm³/mol. The summed E-state index contributed by atoms with van der Waals surface area (Å²) in [5, 5.41) is 4.13. The Morgan fingerprint density at radius 1 is 1.22 bits per heavy atom. The van der Waals surface area contributed by atoms with Gasteiger partial charge in [-0.1, -0.05) is 0 Å². The fourth-order valence-electron chi connectivity index (χ4n) is 6.01. The summed E-state index contributed by atoms with van der Waals surface area (Å²) in [6.07, 6.45) is 7.99. The molecule has 0 spiro atoms. The molecule has 37 heavy (non-hydrogen) atoms. The Labute approximate surface area is 218 Å². The van der Waals surface area contributed by atoms with Crippen LogP contribution in [0.25, 0.3) is 10.2 Å². The minimum Gasteiger partial charge on any atom is -0.490 e. The molecule has 2 aliphatic carbocycles. The summed E-state index contributed by atoms with van der Waals surface area (Å²) in [5.74, 6) is 1.46. The summed E-state index contributed by atoms with van der Waals surface area (Å²) < 4.78 is 12.2. The van der Waals surface area contributed by atoms with Gasteiger partial charge >= 0.3 is 0 Å². The smallest absolute Gasteiger partial charge is 0.274 e. The zero-order chi connectivity index (χ0) is 25.4. The lowest BCUT2D eigenvalue weighted by molar-refractivity contribution is -0.118. The zero-order valence-electron chi connectivity index (χ0n) is 20.7. The van der Waals surface area contributed by atoms with Gasteiger partial charge in [-0.25, -0.2) is 4.98 Å². The highest BCUT2D eigenvalue weighted by Crippen LogP contribution is 2.49. The van der Waals surface area contributed by atoms with Gasteiger partial charge in [0.15, 0.2) is 0 Å². The van der Waals surface area contributed by atoms with Crippen molar-refractivity contribution >= 4 is 39.2 Å². The number of rotatable bonds is 7. The van der Waals surface area contributed by atoms with Gasteiger partial charge in [0.2, 0.25) is 11.9 Å². The number of hydrogen-bond donors (Lipinski definition) is 3. The van der Waals surface area contributed by atoms with Crippen molar-refractivity contribution in [2.45, 2.75) is 63.0 Å². The molecule has 4 N–H and O–H groups in total. The molecular weight excluding hydrogens is 492 g/mol. The van der Waals surface area contributed by atoms with Crippen LogP contribution in [-0.2, 0) is 16.0 Å². The number of amides is 1. The molecule has 1 aliphatic heterocycles. The topological polar surface area (TPSA) is 135 Å². The van der Waals surface area contributed by atoms with Crippen LogP contribution >= 0.6 is 11.3 Å². The van der Waals surface area contributed by atoms with Crippen LogP contribution in [-0.4, -0.2) is 64.2 Å². The Morgan fingerprint density at radius 3 is 2.78 bits per heavy atom. The number of nitrogens with one attached hydrogen (secondary N) is 2. The van der Waals surface area contributed by atoms with Crippen LogP contribution in [0.15, 0.2) is 23.1 Å². The molecule has 3 aliphatic rings. The number of primary amides is 1. The Bertz CT molecular complexity index is 1340. The lowest BCUT2D eigenvalue weighted by atomic mass is 9.91. The number of H-pyrrole nitrogens is 1. The molecule has 1 saturated heterocycles. The van der Waals surface area contributed by atoms with Gasteiger partial charge < -0.3 is 25.5 Å². The van der Waals surface area contributed by atoms with E-state index in [0.717, 1.165) is 80.8 Å². The first-order valence-corrected chi connectivity index (χ1v) is 13.9. The summed E-state index contributed by atoms with van der Waals surface area (Å²) in [7, 11) is 0. The Balaban J connectivity index is 1.29. The first-order valence-electron chi connectivity index (χ1n) is 13.1. The number of carbonyl (C=O) groups is 1. The van der Waals surface area contributed by atoms with Gasteiger partial charge in [0, 0.05) is 48.8 Å². The maximum Gasteiger partial charge on any atom is 0.274 e. The van der Waals surface area contributed by atoms with Crippen LogP contribution in [0.1, 0.15) is 54.9 Å². The molecule has 3 aromatic rings. The molecule has 2 fully saturated rings. The molecule has 1 atom stereocenters. The van der Waals surface area contributed by atoms with Crippen molar-refractivity contribution in [3.63, 3.8) is 0 Å². The van der Waals surface area contributed by atoms with E-state index in [1.54, 1.807) is 17.5 Å². The SMILES string of the molecule is NC(=O)C[C@H]1CCc2sc3nc(Nc4nc(=O)cc[nH]4)cc(O[C@H]4CC[C@H](N5CCOCC5)CC4)c3c21. The number of fused-ring (bicyclic) bond motifs is 3. The van der Waals surface area contributed by atoms with E-state index in [9.17, 15) is 9.59 Å². The third-order valence-electron chi connectivity index (χ3n) is 7.73. The highest BCUT2D eigenvalue weighted by molar-refractivity contribution is 7.19. The van der Waals surface area contributed by atoms with Crippen molar-refractivity contribution in [1.29, 1.82) is 0 Å². The molecule has 6 rings (SSSR count). The number of morpholine rings is 1. The molecule has 4 heterocycles. The Hall–Kier alpha value is -3.02. The van der Waals surface area contributed by atoms with Crippen molar-refractivity contribution in [2.75, 3.05) is 31.6 Å². The summed E-state index contributed by atoms with van der Waals surface area (Å²) in [6.45, 7) is 3.65. The van der Waals surface area contributed by atoms with Crippen molar-refractivity contribution in [1.82, 2.24) is 19.9 Å². The highest BCUT2D eigenvalue weighted by Gasteiger charge is 2.33. The summed E-state index contributed by atoms with van der Waals surface area (Å²) >= 11 is 1.65. The molecule has 0 aromatic carbocycles. The molecule has 3 aromatic heterocycles. The average Bonchev–Trinajstić information content (AvgIpc) is 3.44. The molecule has 0 bridgehead atoms. The number of nitrogens with zero attached hydrogens (tertiary/aromatic N) is 3. The van der Waals surface area contributed by atoms with Gasteiger partial charge in [-0.2, -0.15) is 4.98 Å². The van der Waals surface area contributed by atoms with Gasteiger partial charge in [-0.05, 0) is 50.0 Å². The van der Waals surface area contributed by atoms with E-state index >= 15 is 0 Å². The normalized spacial score (nSPS) is 24.2. The molecular formula is C26H32N6O4S. The number of anilines is 2. The van der Waals surface area contributed by atoms with Crippen LogP contribution in [0.2, 0.25) is 0 Å². The largest absolute Gasteiger partial charge is 0.490 e. The maximum absolute atomic E-state index is 11.8. The zero-order valence-corrected chi connectivity index (χ0v) is 21.5. The van der Waals surface area contributed by atoms with E-state index < -0.39 is 0 Å². The number of aromatic nitrogens is 3. The molecule has 1 amide bonds. The molecule has 11 heteroatoms. The van der Waals surface area contributed by atoms with Crippen LogP contribution in [0.4, 0.5) is 11.8 Å². The number of ether oxygens (including phenoxy) is 2. The van der Waals surface area contributed by atoms with E-state index in [1.807, 2.05) is 6.07 Å². The Morgan fingerprint density at radius 2 is 2.03 bits per heavy atom. The Kier molecular flexibility index (Phi) is 6.83. The molecule has 0 radical (unpaired) electrons. The molecule has 196 valence electrons. The van der Waals surface area contributed by atoms with Crippen LogP contribution in [0.5, 0.6) is 5.75 Å². The van der Waals surface area contributed by atoms with Crippen LogP contribution < -0.4 is 21.3 Å². The number of aromatic amines is 1. The second-order valence-electron chi connectivity index (χ2n) is 10.1. The van der Waals surface area contributed by atoms with Crippen molar-refractivity contribution in [2.24, 2.45) is 5.73 Å². The summed E-state index contributed by atoms with van der Waals surface area (Å²) in [6, 6.07) is 3.85. The lowest BCUT2D eigenvalue weighted by Gasteiger charge is -2.38. The van der Waals surface area contributed by atoms with E-state index in [4.69, 9.17) is 20.2 Å². The van der Waals surface area contributed by atoms with Crippen molar-refractivity contribution in [3.8, 4) is 5.75 Å². The van der Waals surface area contributed by atoms with E-state index in [1.165, 1.54) is 16.5 Å². The standard InChI is InChI=1S/C26H32N6O4S/c27-20(33)13-15-1-6-19-23(15)24-18(36-17-4-2-16(3-5-17)32-9-11-35-12-10-32)14-21(29-25(24)37-19)30-26-28-8-7-22(34)31-26/h7-8,14-17H,1-6,9-13H2,(H2,27,33)(H2,28,29,30,31,34)/t15-,16-,17-/m1/s1. The fourth-order valence-corrected chi connectivity index (χ4v) is 7.30. The van der Waals surface area contributed by atoms with Crippen molar-refractivity contribution < 1.29 is 14.3 Å². The number of pyridine rings is 1. The molecule has 10 nitrogen and oxygen atoms in total. The first-order chi connectivity index (χ1) is 18.0. The second-order valence-corrected chi connectivity index (χ2v) is 11.2. The van der Waals surface area contributed by atoms with Gasteiger partial charge in [0.25, 0.3) is 5.56 Å². The minimum absolute atomic E-state index is 0.0911. The predicted octanol–water partition coefficient (Wildman–Crippen LogP) is 3.05. The van der Waals surface area contributed by atoms with E-state index in [2.05, 4.69) is 20.2 Å². The van der Waals surface area contributed by atoms with Gasteiger partial charge in [0.05, 0.1) is 24.7 Å². The monoisotopic (exact) mass is 524 g/mol.